The molecular formula is C19H22N2O6S2. The first-order valence-corrected chi connectivity index (χ1v) is 11.9. The van der Waals surface area contributed by atoms with Crippen LogP contribution in [0.1, 0.15) is 37.8 Å². The van der Waals surface area contributed by atoms with E-state index in [4.69, 9.17) is 9.84 Å². The first kappa shape index (κ1) is 21.3. The van der Waals surface area contributed by atoms with Gasteiger partial charge in [0.05, 0.1) is 17.0 Å². The molecule has 10 heteroatoms. The molecule has 1 saturated carbocycles. The van der Waals surface area contributed by atoms with Crippen molar-refractivity contribution in [2.24, 2.45) is 0 Å². The first-order valence-electron chi connectivity index (χ1n) is 9.15. The number of nitrogens with one attached hydrogen (secondary N) is 1. The van der Waals surface area contributed by atoms with Gasteiger partial charge < -0.3 is 9.84 Å². The van der Waals surface area contributed by atoms with E-state index in [2.05, 4.69) is 10.3 Å². The molecule has 0 aliphatic heterocycles. The van der Waals surface area contributed by atoms with Crippen molar-refractivity contribution >= 4 is 38.2 Å². The van der Waals surface area contributed by atoms with Crippen molar-refractivity contribution in [3.63, 3.8) is 0 Å². The van der Waals surface area contributed by atoms with Crippen LogP contribution in [0, 0.1) is 0 Å². The number of carboxylic acids is 1. The van der Waals surface area contributed by atoms with Gasteiger partial charge in [-0.2, -0.15) is 0 Å². The van der Waals surface area contributed by atoms with Crippen LogP contribution in [0.3, 0.4) is 0 Å². The summed E-state index contributed by atoms with van der Waals surface area (Å²) >= 11 is 1.16. The predicted molar refractivity (Wildman–Crippen MR) is 108 cm³/mol. The summed E-state index contributed by atoms with van der Waals surface area (Å²) in [7, 11) is -3.31. The van der Waals surface area contributed by atoms with Gasteiger partial charge in [0.1, 0.15) is 5.75 Å². The second-order valence-corrected chi connectivity index (χ2v) is 9.94. The molecule has 29 heavy (non-hydrogen) atoms. The lowest BCUT2D eigenvalue weighted by Crippen LogP contribution is -2.49. The summed E-state index contributed by atoms with van der Waals surface area (Å²) in [6, 6.07) is 6.01. The zero-order chi connectivity index (χ0) is 21.1. The summed E-state index contributed by atoms with van der Waals surface area (Å²) in [5.74, 6) is -0.904. The number of amides is 1. The number of carboxylic acid groups (broad SMARTS) is 1. The predicted octanol–water partition coefficient (Wildman–Crippen LogP) is 2.89. The molecular weight excluding hydrogens is 416 g/mol. The van der Waals surface area contributed by atoms with Crippen LogP contribution >= 0.6 is 11.3 Å². The van der Waals surface area contributed by atoms with Crippen molar-refractivity contribution < 1.29 is 27.9 Å². The number of carbonyl (C=O) groups is 2. The highest BCUT2D eigenvalue weighted by molar-refractivity contribution is 7.90. The Labute approximate surface area is 172 Å². The standard InChI is InChI=1S/C19H22N2O6S2/c1-29(25,26)15-7-5-14(6-8-15)27-19(9-3-2-4-10-19)17(24)21-18-20-13(12-28-18)11-16(22)23/h5-8,12H,2-4,9-11H2,1H3,(H,22,23)(H,20,21,24). The number of rotatable bonds is 7. The molecule has 1 aliphatic carbocycles. The average molecular weight is 439 g/mol. The first-order chi connectivity index (χ1) is 13.7. The molecule has 1 amide bonds. The number of benzene rings is 1. The molecule has 8 nitrogen and oxygen atoms in total. The molecule has 1 aromatic carbocycles. The summed E-state index contributed by atoms with van der Waals surface area (Å²) in [5.41, 5.74) is -0.698. The van der Waals surface area contributed by atoms with Crippen molar-refractivity contribution in [3.8, 4) is 5.75 Å². The van der Waals surface area contributed by atoms with Gasteiger partial charge in [0.15, 0.2) is 20.6 Å². The number of nitrogens with zero attached hydrogens (tertiary/aromatic N) is 1. The maximum absolute atomic E-state index is 13.1. The fourth-order valence-corrected chi connectivity index (χ4v) is 4.63. The fourth-order valence-electron chi connectivity index (χ4n) is 3.29. The largest absolute Gasteiger partial charge is 0.481 e. The number of hydrogen-bond donors (Lipinski definition) is 2. The van der Waals surface area contributed by atoms with E-state index in [0.29, 0.717) is 29.4 Å². The molecule has 0 bridgehead atoms. The van der Waals surface area contributed by atoms with Gasteiger partial charge in [-0.25, -0.2) is 13.4 Å². The van der Waals surface area contributed by atoms with Gasteiger partial charge in [-0.05, 0) is 49.9 Å². The number of hydrogen-bond acceptors (Lipinski definition) is 7. The van der Waals surface area contributed by atoms with Crippen molar-refractivity contribution in [3.05, 3.63) is 35.3 Å². The minimum absolute atomic E-state index is 0.181. The summed E-state index contributed by atoms with van der Waals surface area (Å²) in [5, 5.41) is 13.5. The minimum atomic E-state index is -3.31. The summed E-state index contributed by atoms with van der Waals surface area (Å²) in [6.07, 6.45) is 4.64. The number of aromatic nitrogens is 1. The maximum Gasteiger partial charge on any atom is 0.309 e. The second-order valence-electron chi connectivity index (χ2n) is 7.07. The fraction of sp³-hybridized carbons (Fsp3) is 0.421. The van der Waals surface area contributed by atoms with Crippen LogP contribution < -0.4 is 10.1 Å². The summed E-state index contributed by atoms with van der Waals surface area (Å²) in [4.78, 5) is 28.2. The lowest BCUT2D eigenvalue weighted by Gasteiger charge is -2.36. The van der Waals surface area contributed by atoms with E-state index in [1.54, 1.807) is 17.5 Å². The number of thiazole rings is 1. The zero-order valence-corrected chi connectivity index (χ0v) is 17.5. The molecule has 0 spiro atoms. The number of aliphatic carboxylic acids is 1. The molecule has 0 saturated heterocycles. The molecule has 2 aromatic rings. The molecule has 1 aromatic heterocycles. The third kappa shape index (κ3) is 5.33. The average Bonchev–Trinajstić information content (AvgIpc) is 3.08. The summed E-state index contributed by atoms with van der Waals surface area (Å²) < 4.78 is 29.4. The van der Waals surface area contributed by atoms with E-state index < -0.39 is 21.4 Å². The Kier molecular flexibility index (Phi) is 6.23. The zero-order valence-electron chi connectivity index (χ0n) is 15.9. The lowest BCUT2D eigenvalue weighted by molar-refractivity contribution is -0.136. The third-order valence-corrected chi connectivity index (χ3v) is 6.68. The number of carbonyl (C=O) groups excluding carboxylic acids is 1. The quantitative estimate of drug-likeness (QED) is 0.681. The van der Waals surface area contributed by atoms with Crippen molar-refractivity contribution in [1.82, 2.24) is 4.98 Å². The number of sulfone groups is 1. The molecule has 0 radical (unpaired) electrons. The smallest absolute Gasteiger partial charge is 0.309 e. The van der Waals surface area contributed by atoms with E-state index in [9.17, 15) is 18.0 Å². The molecule has 2 N–H and O–H groups in total. The van der Waals surface area contributed by atoms with E-state index in [1.807, 2.05) is 0 Å². The molecule has 1 fully saturated rings. The van der Waals surface area contributed by atoms with E-state index >= 15 is 0 Å². The van der Waals surface area contributed by atoms with Crippen molar-refractivity contribution in [2.45, 2.75) is 49.0 Å². The number of ether oxygens (including phenoxy) is 1. The normalized spacial score (nSPS) is 16.2. The highest BCUT2D eigenvalue weighted by atomic mass is 32.2. The van der Waals surface area contributed by atoms with Crippen molar-refractivity contribution in [2.75, 3.05) is 11.6 Å². The third-order valence-electron chi connectivity index (χ3n) is 4.74. The van der Waals surface area contributed by atoms with Crippen LogP contribution in [-0.2, 0) is 25.8 Å². The minimum Gasteiger partial charge on any atom is -0.481 e. The van der Waals surface area contributed by atoms with Gasteiger partial charge in [-0.15, -0.1) is 11.3 Å². The maximum atomic E-state index is 13.1. The molecule has 1 aliphatic rings. The highest BCUT2D eigenvalue weighted by Crippen LogP contribution is 2.35. The van der Waals surface area contributed by atoms with E-state index in [-0.39, 0.29) is 17.2 Å². The topological polar surface area (TPSA) is 123 Å². The van der Waals surface area contributed by atoms with Gasteiger partial charge in [-0.3, -0.25) is 14.9 Å². The van der Waals surface area contributed by atoms with Gasteiger partial charge >= 0.3 is 5.97 Å². The van der Waals surface area contributed by atoms with Crippen LogP contribution in [0.4, 0.5) is 5.13 Å². The Bertz CT molecular complexity index is 992. The Morgan fingerprint density at radius 3 is 2.45 bits per heavy atom. The number of anilines is 1. The Morgan fingerprint density at radius 2 is 1.86 bits per heavy atom. The Hall–Kier alpha value is -2.46. The second kappa shape index (κ2) is 8.50. The van der Waals surface area contributed by atoms with Crippen LogP contribution in [-0.4, -0.2) is 42.2 Å². The van der Waals surface area contributed by atoms with Crippen LogP contribution in [0.5, 0.6) is 5.75 Å². The van der Waals surface area contributed by atoms with Gasteiger partial charge in [-0.1, -0.05) is 6.42 Å². The monoisotopic (exact) mass is 438 g/mol. The Balaban J connectivity index is 1.78. The molecule has 3 rings (SSSR count). The van der Waals surface area contributed by atoms with Crippen LogP contribution in [0.15, 0.2) is 34.5 Å². The van der Waals surface area contributed by atoms with Crippen LogP contribution in [0.25, 0.3) is 0 Å². The van der Waals surface area contributed by atoms with Gasteiger partial charge in [0.2, 0.25) is 0 Å². The highest BCUT2D eigenvalue weighted by Gasteiger charge is 2.42. The lowest BCUT2D eigenvalue weighted by atomic mass is 9.83. The van der Waals surface area contributed by atoms with E-state index in [1.165, 1.54) is 12.1 Å². The molecule has 156 valence electrons. The van der Waals surface area contributed by atoms with E-state index in [0.717, 1.165) is 36.9 Å². The SMILES string of the molecule is CS(=O)(=O)c1ccc(OC2(C(=O)Nc3nc(CC(=O)O)cs3)CCCCC2)cc1. The van der Waals surface area contributed by atoms with Gasteiger partial charge in [0.25, 0.3) is 5.91 Å². The molecule has 0 unspecified atom stereocenters. The molecule has 0 atom stereocenters. The van der Waals surface area contributed by atoms with Crippen molar-refractivity contribution in [1.29, 1.82) is 0 Å². The summed E-state index contributed by atoms with van der Waals surface area (Å²) in [6.45, 7) is 0. The Morgan fingerprint density at radius 1 is 1.21 bits per heavy atom. The van der Waals surface area contributed by atoms with Crippen LogP contribution in [0.2, 0.25) is 0 Å². The van der Waals surface area contributed by atoms with Gasteiger partial charge in [0, 0.05) is 11.6 Å². The molecule has 1 heterocycles.